The first-order valence-corrected chi connectivity index (χ1v) is 12.2. The number of aryl methyl sites for hydroxylation is 1. The average molecular weight is 461 g/mol. The molecule has 0 saturated carbocycles. The quantitative estimate of drug-likeness (QED) is 0.587. The van der Waals surface area contributed by atoms with Crippen LogP contribution in [0.2, 0.25) is 0 Å². The summed E-state index contributed by atoms with van der Waals surface area (Å²) in [6, 6.07) is 7.75. The summed E-state index contributed by atoms with van der Waals surface area (Å²) in [4.78, 5) is 40.5. The number of rotatable bonds is 6. The molecule has 3 aromatic heterocycles. The van der Waals surface area contributed by atoms with Crippen molar-refractivity contribution in [3.63, 3.8) is 0 Å². The van der Waals surface area contributed by atoms with Gasteiger partial charge in [-0.1, -0.05) is 6.92 Å². The molecule has 2 saturated heterocycles. The molecule has 34 heavy (non-hydrogen) atoms. The molecule has 8 nitrogen and oxygen atoms in total. The van der Waals surface area contributed by atoms with E-state index in [1.165, 1.54) is 12.8 Å². The van der Waals surface area contributed by atoms with Crippen LogP contribution in [-0.2, 0) is 13.0 Å². The van der Waals surface area contributed by atoms with E-state index in [0.717, 1.165) is 72.4 Å². The van der Waals surface area contributed by atoms with Gasteiger partial charge < -0.3 is 15.2 Å². The Morgan fingerprint density at radius 2 is 1.91 bits per heavy atom. The number of amides is 1. The van der Waals surface area contributed by atoms with E-state index >= 15 is 0 Å². The zero-order valence-corrected chi connectivity index (χ0v) is 19.9. The largest absolute Gasteiger partial charge is 0.370 e. The minimum absolute atomic E-state index is 0.0116. The number of hydrogen-bond donors (Lipinski definition) is 2. The second-order valence-corrected chi connectivity index (χ2v) is 9.51. The fourth-order valence-corrected chi connectivity index (χ4v) is 5.21. The molecule has 5 rings (SSSR count). The molecule has 2 aliphatic rings. The number of fused-ring (bicyclic) bond motifs is 1. The second kappa shape index (κ2) is 9.54. The van der Waals surface area contributed by atoms with Gasteiger partial charge in [-0.25, -0.2) is 4.98 Å². The number of likely N-dealkylation sites (tertiary alicyclic amines) is 1. The van der Waals surface area contributed by atoms with E-state index in [9.17, 15) is 9.59 Å². The first-order chi connectivity index (χ1) is 16.5. The van der Waals surface area contributed by atoms with Crippen LogP contribution in [0.1, 0.15) is 41.4 Å². The SMILES string of the molecule is CCc1cc2ncc(CN3CCC(C4CN(c5ccc(C(=O)NC)nc5)C4)CC3)cc2[nH]c1=O. The predicted octanol–water partition coefficient (Wildman–Crippen LogP) is 2.59. The van der Waals surface area contributed by atoms with Crippen LogP contribution < -0.4 is 15.8 Å². The molecule has 2 aliphatic heterocycles. The van der Waals surface area contributed by atoms with E-state index in [4.69, 9.17) is 0 Å². The van der Waals surface area contributed by atoms with E-state index in [1.54, 1.807) is 19.3 Å². The molecule has 178 valence electrons. The van der Waals surface area contributed by atoms with Crippen LogP contribution in [0.25, 0.3) is 11.0 Å². The maximum Gasteiger partial charge on any atom is 0.269 e. The van der Waals surface area contributed by atoms with Crippen molar-refractivity contribution in [2.75, 3.05) is 38.1 Å². The van der Waals surface area contributed by atoms with Crippen LogP contribution >= 0.6 is 0 Å². The van der Waals surface area contributed by atoms with Gasteiger partial charge in [0.15, 0.2) is 0 Å². The van der Waals surface area contributed by atoms with Crippen LogP contribution in [0.15, 0.2) is 41.5 Å². The third-order valence-corrected chi connectivity index (χ3v) is 7.39. The number of aromatic nitrogens is 3. The number of nitrogens with zero attached hydrogens (tertiary/aromatic N) is 4. The number of anilines is 1. The Bertz CT molecular complexity index is 1220. The van der Waals surface area contributed by atoms with Crippen molar-refractivity contribution in [1.82, 2.24) is 25.2 Å². The van der Waals surface area contributed by atoms with Crippen molar-refractivity contribution >= 4 is 22.6 Å². The summed E-state index contributed by atoms with van der Waals surface area (Å²) in [6.45, 7) is 7.16. The van der Waals surface area contributed by atoms with Gasteiger partial charge in [-0.2, -0.15) is 0 Å². The molecule has 0 atom stereocenters. The lowest BCUT2D eigenvalue weighted by atomic mass is 9.79. The Kier molecular flexibility index (Phi) is 6.32. The van der Waals surface area contributed by atoms with Crippen LogP contribution in [0.5, 0.6) is 0 Å². The van der Waals surface area contributed by atoms with Gasteiger partial charge in [-0.05, 0) is 74.0 Å². The van der Waals surface area contributed by atoms with Gasteiger partial charge >= 0.3 is 0 Å². The molecule has 0 aliphatic carbocycles. The molecule has 2 N–H and O–H groups in total. The Morgan fingerprint density at radius 1 is 1.12 bits per heavy atom. The van der Waals surface area contributed by atoms with Gasteiger partial charge in [0.2, 0.25) is 0 Å². The third kappa shape index (κ3) is 4.55. The summed E-state index contributed by atoms with van der Waals surface area (Å²) in [6.07, 6.45) is 6.88. The van der Waals surface area contributed by atoms with Crippen LogP contribution in [-0.4, -0.2) is 59.0 Å². The zero-order valence-electron chi connectivity index (χ0n) is 19.9. The Balaban J connectivity index is 1.12. The summed E-state index contributed by atoms with van der Waals surface area (Å²) in [5, 5.41) is 2.60. The number of aromatic amines is 1. The van der Waals surface area contributed by atoms with Crippen LogP contribution in [0.3, 0.4) is 0 Å². The van der Waals surface area contributed by atoms with E-state index in [1.807, 2.05) is 25.3 Å². The van der Waals surface area contributed by atoms with Gasteiger partial charge in [0.1, 0.15) is 5.69 Å². The normalized spacial score (nSPS) is 17.6. The molecule has 0 radical (unpaired) electrons. The topological polar surface area (TPSA) is 94.2 Å². The highest BCUT2D eigenvalue weighted by atomic mass is 16.1. The van der Waals surface area contributed by atoms with Crippen molar-refractivity contribution in [1.29, 1.82) is 0 Å². The van der Waals surface area contributed by atoms with Gasteiger partial charge in [0, 0.05) is 38.4 Å². The van der Waals surface area contributed by atoms with Crippen molar-refractivity contribution in [2.45, 2.75) is 32.7 Å². The maximum atomic E-state index is 12.2. The molecular weight excluding hydrogens is 428 g/mol. The number of carbonyl (C=O) groups excluding carboxylic acids is 1. The highest BCUT2D eigenvalue weighted by Crippen LogP contribution is 2.34. The molecule has 0 unspecified atom stereocenters. The van der Waals surface area contributed by atoms with E-state index in [0.29, 0.717) is 12.1 Å². The fourth-order valence-electron chi connectivity index (χ4n) is 5.21. The standard InChI is InChI=1S/C26H32N6O2/c1-3-18-11-23-24(30-25(18)33)10-17(12-28-23)14-31-8-6-19(7-9-31)20-15-32(16-20)21-4-5-22(29-13-21)26(34)27-2/h4-5,10-13,19-20H,3,6-9,14-16H2,1-2H3,(H,27,34)(H,30,33). The van der Waals surface area contributed by atoms with Gasteiger partial charge in [0.25, 0.3) is 11.5 Å². The van der Waals surface area contributed by atoms with Crippen molar-refractivity contribution in [2.24, 2.45) is 11.8 Å². The number of nitrogens with one attached hydrogen (secondary N) is 2. The van der Waals surface area contributed by atoms with Gasteiger partial charge in [-0.15, -0.1) is 0 Å². The second-order valence-electron chi connectivity index (χ2n) is 9.51. The fraction of sp³-hybridized carbons (Fsp3) is 0.462. The lowest BCUT2D eigenvalue weighted by Gasteiger charge is -2.47. The van der Waals surface area contributed by atoms with Gasteiger partial charge in [0.05, 0.1) is 22.9 Å². The first kappa shape index (κ1) is 22.5. The highest BCUT2D eigenvalue weighted by Gasteiger charge is 2.35. The first-order valence-electron chi connectivity index (χ1n) is 12.2. The van der Waals surface area contributed by atoms with Crippen molar-refractivity contribution in [3.05, 3.63) is 63.8 Å². The number of carbonyl (C=O) groups is 1. The smallest absolute Gasteiger partial charge is 0.269 e. The minimum Gasteiger partial charge on any atom is -0.370 e. The molecule has 1 amide bonds. The van der Waals surface area contributed by atoms with Crippen LogP contribution in [0, 0.1) is 11.8 Å². The summed E-state index contributed by atoms with van der Waals surface area (Å²) in [5.41, 5.74) is 5.13. The molecule has 3 aromatic rings. The molecule has 0 aromatic carbocycles. The number of hydrogen-bond acceptors (Lipinski definition) is 6. The molecular formula is C26H32N6O2. The third-order valence-electron chi connectivity index (χ3n) is 7.39. The van der Waals surface area contributed by atoms with E-state index in [2.05, 4.69) is 36.1 Å². The zero-order chi connectivity index (χ0) is 23.7. The number of pyridine rings is 3. The van der Waals surface area contributed by atoms with E-state index < -0.39 is 0 Å². The minimum atomic E-state index is -0.154. The van der Waals surface area contributed by atoms with Crippen molar-refractivity contribution < 1.29 is 4.79 Å². The van der Waals surface area contributed by atoms with E-state index in [-0.39, 0.29) is 11.5 Å². The summed E-state index contributed by atoms with van der Waals surface area (Å²) in [7, 11) is 1.62. The molecule has 0 bridgehead atoms. The van der Waals surface area contributed by atoms with Crippen LogP contribution in [0.4, 0.5) is 5.69 Å². The lowest BCUT2D eigenvalue weighted by Crippen LogP contribution is -2.52. The molecule has 8 heteroatoms. The lowest BCUT2D eigenvalue weighted by molar-refractivity contribution is 0.0958. The molecule has 5 heterocycles. The summed E-state index contributed by atoms with van der Waals surface area (Å²) in [5.74, 6) is 1.32. The highest BCUT2D eigenvalue weighted by molar-refractivity contribution is 5.92. The number of piperidine rings is 1. The van der Waals surface area contributed by atoms with Crippen molar-refractivity contribution in [3.8, 4) is 0 Å². The monoisotopic (exact) mass is 460 g/mol. The Hall–Kier alpha value is -3.26. The molecule has 2 fully saturated rings. The predicted molar refractivity (Wildman–Crippen MR) is 133 cm³/mol. The Labute approximate surface area is 199 Å². The van der Waals surface area contributed by atoms with Gasteiger partial charge in [-0.3, -0.25) is 19.5 Å². The Morgan fingerprint density at radius 3 is 2.59 bits per heavy atom. The maximum absolute atomic E-state index is 12.2. The summed E-state index contributed by atoms with van der Waals surface area (Å²) >= 11 is 0. The average Bonchev–Trinajstić information content (AvgIpc) is 2.83. The molecule has 0 spiro atoms. The number of H-pyrrole nitrogens is 1. The summed E-state index contributed by atoms with van der Waals surface area (Å²) < 4.78 is 0.